The molecule has 0 atom stereocenters. The fourth-order valence-corrected chi connectivity index (χ4v) is 3.11. The van der Waals surface area contributed by atoms with Crippen LogP contribution >= 0.6 is 0 Å². The molecule has 0 radical (unpaired) electrons. The first-order valence-electron chi connectivity index (χ1n) is 9.94. The Morgan fingerprint density at radius 3 is 2.25 bits per heavy atom. The van der Waals surface area contributed by atoms with E-state index in [0.717, 1.165) is 16.3 Å². The zero-order valence-electron chi connectivity index (χ0n) is 17.3. The van der Waals surface area contributed by atoms with Crippen LogP contribution in [0.4, 0.5) is 0 Å². The number of rotatable bonds is 5. The third kappa shape index (κ3) is 4.82. The van der Waals surface area contributed by atoms with Gasteiger partial charge in [-0.1, -0.05) is 42.0 Å². The SMILES string of the molecule is Cc1ccc(C(=O)Oc2ccc(/C=N/NC(=O)c3cc4ccccc4cc3O)cc2)cc1. The standard InChI is InChI=1S/C26H20N2O4/c1-17-6-10-19(11-7-17)26(31)32-22-12-8-18(9-13-22)16-27-28-25(30)23-14-20-4-2-3-5-21(20)15-24(23)29/h2-16,29H,1H3,(H,28,30)/b27-16+. The number of carbonyl (C=O) groups is 2. The van der Waals surface area contributed by atoms with Gasteiger partial charge in [-0.2, -0.15) is 5.10 Å². The van der Waals surface area contributed by atoms with Gasteiger partial charge in [-0.3, -0.25) is 4.79 Å². The highest BCUT2D eigenvalue weighted by molar-refractivity contribution is 6.01. The van der Waals surface area contributed by atoms with E-state index in [2.05, 4.69) is 10.5 Å². The van der Waals surface area contributed by atoms with Gasteiger partial charge in [-0.15, -0.1) is 0 Å². The summed E-state index contributed by atoms with van der Waals surface area (Å²) in [5.74, 6) is -0.670. The molecule has 0 spiro atoms. The first-order chi connectivity index (χ1) is 15.5. The van der Waals surface area contributed by atoms with Crippen molar-refractivity contribution in [3.05, 3.63) is 107 Å². The number of benzene rings is 4. The largest absolute Gasteiger partial charge is 0.507 e. The fraction of sp³-hybridized carbons (Fsp3) is 0.0385. The van der Waals surface area contributed by atoms with Crippen molar-refractivity contribution in [1.29, 1.82) is 0 Å². The minimum atomic E-state index is -0.520. The van der Waals surface area contributed by atoms with Crippen LogP contribution in [0.3, 0.4) is 0 Å². The third-order valence-corrected chi connectivity index (χ3v) is 4.87. The summed E-state index contributed by atoms with van der Waals surface area (Å²) >= 11 is 0. The van der Waals surface area contributed by atoms with E-state index >= 15 is 0 Å². The lowest BCUT2D eigenvalue weighted by molar-refractivity contribution is 0.0734. The third-order valence-electron chi connectivity index (χ3n) is 4.87. The first-order valence-corrected chi connectivity index (χ1v) is 9.94. The summed E-state index contributed by atoms with van der Waals surface area (Å²) < 4.78 is 5.36. The molecule has 0 aromatic heterocycles. The van der Waals surface area contributed by atoms with E-state index in [1.165, 1.54) is 6.21 Å². The Balaban J connectivity index is 1.37. The van der Waals surface area contributed by atoms with Gasteiger partial charge in [-0.05, 0) is 71.8 Å². The number of phenols is 1. The van der Waals surface area contributed by atoms with Crippen LogP contribution in [0.15, 0.2) is 90.0 Å². The number of nitrogens with zero attached hydrogens (tertiary/aromatic N) is 1. The molecule has 0 unspecified atom stereocenters. The van der Waals surface area contributed by atoms with Crippen LogP contribution < -0.4 is 10.2 Å². The van der Waals surface area contributed by atoms with Gasteiger partial charge in [0.2, 0.25) is 0 Å². The molecule has 0 aliphatic rings. The molecule has 0 saturated carbocycles. The zero-order chi connectivity index (χ0) is 22.5. The van der Waals surface area contributed by atoms with Crippen LogP contribution in [0.2, 0.25) is 0 Å². The minimum Gasteiger partial charge on any atom is -0.507 e. The number of esters is 1. The van der Waals surface area contributed by atoms with Crippen LogP contribution in [-0.4, -0.2) is 23.2 Å². The molecule has 2 N–H and O–H groups in total. The van der Waals surface area contributed by atoms with Crippen molar-refractivity contribution in [2.75, 3.05) is 0 Å². The molecule has 4 aromatic rings. The number of carbonyl (C=O) groups excluding carboxylic acids is 2. The Morgan fingerprint density at radius 1 is 0.906 bits per heavy atom. The van der Waals surface area contributed by atoms with Crippen molar-refractivity contribution in [3.63, 3.8) is 0 Å². The molecule has 0 fully saturated rings. The smallest absolute Gasteiger partial charge is 0.343 e. The van der Waals surface area contributed by atoms with Crippen molar-refractivity contribution >= 4 is 28.9 Å². The lowest BCUT2D eigenvalue weighted by Gasteiger charge is -2.06. The zero-order valence-corrected chi connectivity index (χ0v) is 17.3. The second-order valence-electron chi connectivity index (χ2n) is 7.24. The summed E-state index contributed by atoms with van der Waals surface area (Å²) in [6.07, 6.45) is 1.46. The predicted octanol–water partition coefficient (Wildman–Crippen LogP) is 4.84. The van der Waals surface area contributed by atoms with E-state index < -0.39 is 11.9 Å². The van der Waals surface area contributed by atoms with E-state index in [0.29, 0.717) is 16.9 Å². The number of ether oxygens (including phenoxy) is 1. The van der Waals surface area contributed by atoms with E-state index in [1.807, 2.05) is 43.3 Å². The lowest BCUT2D eigenvalue weighted by atomic mass is 10.1. The van der Waals surface area contributed by atoms with Crippen molar-refractivity contribution < 1.29 is 19.4 Å². The van der Waals surface area contributed by atoms with Crippen molar-refractivity contribution in [1.82, 2.24) is 5.43 Å². The molecular formula is C26H20N2O4. The van der Waals surface area contributed by atoms with Gasteiger partial charge in [-0.25, -0.2) is 10.2 Å². The van der Waals surface area contributed by atoms with Crippen LogP contribution in [0.5, 0.6) is 11.5 Å². The molecule has 0 saturated heterocycles. The number of hydrazone groups is 1. The maximum atomic E-state index is 12.4. The van der Waals surface area contributed by atoms with Gasteiger partial charge in [0.1, 0.15) is 11.5 Å². The highest BCUT2D eigenvalue weighted by atomic mass is 16.5. The van der Waals surface area contributed by atoms with Gasteiger partial charge in [0.25, 0.3) is 5.91 Å². The average Bonchev–Trinajstić information content (AvgIpc) is 2.80. The second kappa shape index (κ2) is 9.14. The average molecular weight is 424 g/mol. The molecule has 0 bridgehead atoms. The monoisotopic (exact) mass is 424 g/mol. The molecule has 1 amide bonds. The number of hydrogen-bond donors (Lipinski definition) is 2. The molecule has 158 valence electrons. The number of aromatic hydroxyl groups is 1. The van der Waals surface area contributed by atoms with E-state index in [1.54, 1.807) is 48.5 Å². The Labute approximate surface area is 184 Å². The molecule has 4 rings (SSSR count). The normalized spacial score (nSPS) is 10.9. The number of hydrogen-bond acceptors (Lipinski definition) is 5. The van der Waals surface area contributed by atoms with Gasteiger partial charge >= 0.3 is 5.97 Å². The molecule has 4 aromatic carbocycles. The van der Waals surface area contributed by atoms with Crippen molar-refractivity contribution in [2.45, 2.75) is 6.92 Å². The Morgan fingerprint density at radius 2 is 1.56 bits per heavy atom. The van der Waals surface area contributed by atoms with Crippen LogP contribution in [-0.2, 0) is 0 Å². The topological polar surface area (TPSA) is 88.0 Å². The molecular weight excluding hydrogens is 404 g/mol. The van der Waals surface area contributed by atoms with E-state index in [9.17, 15) is 14.7 Å². The summed E-state index contributed by atoms with van der Waals surface area (Å²) in [7, 11) is 0. The van der Waals surface area contributed by atoms with Gasteiger partial charge in [0, 0.05) is 0 Å². The van der Waals surface area contributed by atoms with Gasteiger partial charge in [0.05, 0.1) is 17.3 Å². The Kier molecular flexibility index (Phi) is 5.94. The summed E-state index contributed by atoms with van der Waals surface area (Å²) in [5.41, 5.74) is 4.78. The predicted molar refractivity (Wildman–Crippen MR) is 123 cm³/mol. The van der Waals surface area contributed by atoms with Crippen molar-refractivity contribution in [2.24, 2.45) is 5.10 Å². The van der Waals surface area contributed by atoms with Crippen LogP contribution in [0.25, 0.3) is 10.8 Å². The number of phenolic OH excluding ortho intramolecular Hbond substituents is 1. The highest BCUT2D eigenvalue weighted by Crippen LogP contribution is 2.24. The van der Waals surface area contributed by atoms with Gasteiger partial charge < -0.3 is 9.84 Å². The summed E-state index contributed by atoms with van der Waals surface area (Å²) in [6.45, 7) is 1.95. The Hall–Kier alpha value is -4.45. The highest BCUT2D eigenvalue weighted by Gasteiger charge is 2.12. The first kappa shape index (κ1) is 20.8. The second-order valence-corrected chi connectivity index (χ2v) is 7.24. The molecule has 6 nitrogen and oxygen atoms in total. The van der Waals surface area contributed by atoms with E-state index in [4.69, 9.17) is 4.74 Å². The summed E-state index contributed by atoms with van der Waals surface area (Å²) in [6, 6.07) is 24.4. The molecule has 0 heterocycles. The lowest BCUT2D eigenvalue weighted by Crippen LogP contribution is -2.17. The quantitative estimate of drug-likeness (QED) is 0.208. The summed E-state index contributed by atoms with van der Waals surface area (Å²) in [5, 5.41) is 15.8. The number of fused-ring (bicyclic) bond motifs is 1. The maximum absolute atomic E-state index is 12.4. The van der Waals surface area contributed by atoms with Gasteiger partial charge in [0.15, 0.2) is 0 Å². The van der Waals surface area contributed by atoms with Crippen LogP contribution in [0.1, 0.15) is 31.8 Å². The number of nitrogens with one attached hydrogen (secondary N) is 1. The molecule has 32 heavy (non-hydrogen) atoms. The molecule has 6 heteroatoms. The van der Waals surface area contributed by atoms with Crippen LogP contribution in [0, 0.1) is 6.92 Å². The maximum Gasteiger partial charge on any atom is 0.343 e. The van der Waals surface area contributed by atoms with Crippen molar-refractivity contribution in [3.8, 4) is 11.5 Å². The Bertz CT molecular complexity index is 1310. The number of aryl methyl sites for hydroxylation is 1. The molecule has 0 aliphatic heterocycles. The minimum absolute atomic E-state index is 0.115. The fourth-order valence-electron chi connectivity index (χ4n) is 3.11. The number of amides is 1. The van der Waals surface area contributed by atoms with E-state index in [-0.39, 0.29) is 11.3 Å². The summed E-state index contributed by atoms with van der Waals surface area (Å²) in [4.78, 5) is 24.6. The molecule has 0 aliphatic carbocycles.